The summed E-state index contributed by atoms with van der Waals surface area (Å²) in [7, 11) is -0.647. The zero-order chi connectivity index (χ0) is 14.9. The van der Waals surface area contributed by atoms with Crippen molar-refractivity contribution in [3.63, 3.8) is 0 Å². The van der Waals surface area contributed by atoms with Crippen molar-refractivity contribution in [2.24, 2.45) is 0 Å². The van der Waals surface area contributed by atoms with E-state index in [-0.39, 0.29) is 34.4 Å². The number of nitrogens with zero attached hydrogens (tertiary/aromatic N) is 2. The van der Waals surface area contributed by atoms with Crippen molar-refractivity contribution < 1.29 is 13.8 Å². The van der Waals surface area contributed by atoms with Crippen molar-refractivity contribution in [3.8, 4) is 0 Å². The Morgan fingerprint density at radius 3 is 2.40 bits per heavy atom. The maximum absolute atomic E-state index is 14.4. The molecule has 1 aromatic rings. The number of hydrogen-bond acceptors (Lipinski definition) is 3. The summed E-state index contributed by atoms with van der Waals surface area (Å²) >= 11 is 11.3. The van der Waals surface area contributed by atoms with Crippen LogP contribution in [0, 0.1) is 0 Å². The molecule has 1 aromatic heterocycles. The monoisotopic (exact) mass is 320 g/mol. The SMILES string of the molecule is CB(O)N1CC=C(C(F)(F)c2cc(Cl)nc(Cl)c2)CC1. The maximum atomic E-state index is 14.4. The van der Waals surface area contributed by atoms with Crippen LogP contribution in [0.3, 0.4) is 0 Å². The van der Waals surface area contributed by atoms with Crippen molar-refractivity contribution in [1.29, 1.82) is 0 Å². The third kappa shape index (κ3) is 3.31. The molecule has 0 aromatic carbocycles. The maximum Gasteiger partial charge on any atom is 0.376 e. The number of alkyl halides is 2. The van der Waals surface area contributed by atoms with Gasteiger partial charge in [-0.05, 0) is 31.9 Å². The molecule has 0 unspecified atom stereocenters. The topological polar surface area (TPSA) is 36.4 Å². The normalized spacial score (nSPS) is 17.0. The lowest BCUT2D eigenvalue weighted by molar-refractivity contribution is 0.0311. The Morgan fingerprint density at radius 2 is 1.95 bits per heavy atom. The highest BCUT2D eigenvalue weighted by molar-refractivity contribution is 6.45. The third-order valence-corrected chi connectivity index (χ3v) is 3.68. The van der Waals surface area contributed by atoms with E-state index in [2.05, 4.69) is 4.98 Å². The predicted octanol–water partition coefficient (Wildman–Crippen LogP) is 3.22. The van der Waals surface area contributed by atoms with Crippen LogP contribution in [0.15, 0.2) is 23.8 Å². The van der Waals surface area contributed by atoms with E-state index in [0.29, 0.717) is 6.54 Å². The van der Waals surface area contributed by atoms with Crippen LogP contribution in [0.2, 0.25) is 17.1 Å². The van der Waals surface area contributed by atoms with Gasteiger partial charge in [0.15, 0.2) is 0 Å². The molecule has 1 aliphatic heterocycles. The summed E-state index contributed by atoms with van der Waals surface area (Å²) in [5, 5.41) is 9.30. The number of pyridine rings is 1. The predicted molar refractivity (Wildman–Crippen MR) is 76.3 cm³/mol. The van der Waals surface area contributed by atoms with Gasteiger partial charge in [0.2, 0.25) is 0 Å². The molecule has 0 spiro atoms. The van der Waals surface area contributed by atoms with Gasteiger partial charge in [-0.15, -0.1) is 0 Å². The van der Waals surface area contributed by atoms with Crippen molar-refractivity contribution >= 4 is 30.3 Å². The summed E-state index contributed by atoms with van der Waals surface area (Å²) in [6.45, 7) is 2.28. The second kappa shape index (κ2) is 5.97. The minimum Gasteiger partial charge on any atom is -0.437 e. The fourth-order valence-corrected chi connectivity index (χ4v) is 2.60. The van der Waals surface area contributed by atoms with Crippen molar-refractivity contribution in [2.75, 3.05) is 13.1 Å². The summed E-state index contributed by atoms with van der Waals surface area (Å²) in [5.74, 6) is -3.14. The van der Waals surface area contributed by atoms with Gasteiger partial charge in [0.1, 0.15) is 10.3 Å². The van der Waals surface area contributed by atoms with Crippen LogP contribution < -0.4 is 0 Å². The Labute approximate surface area is 126 Å². The highest BCUT2D eigenvalue weighted by atomic mass is 35.5. The number of rotatable bonds is 3. The van der Waals surface area contributed by atoms with E-state index in [1.807, 2.05) is 0 Å². The molecule has 20 heavy (non-hydrogen) atoms. The van der Waals surface area contributed by atoms with Gasteiger partial charge in [-0.3, -0.25) is 0 Å². The van der Waals surface area contributed by atoms with E-state index in [1.165, 1.54) is 6.08 Å². The Hall–Kier alpha value is -0.685. The molecule has 0 atom stereocenters. The fraction of sp³-hybridized carbons (Fsp3) is 0.417. The lowest BCUT2D eigenvalue weighted by atomic mass is 9.82. The first-order valence-electron chi connectivity index (χ1n) is 6.13. The van der Waals surface area contributed by atoms with Gasteiger partial charge in [-0.2, -0.15) is 8.78 Å². The zero-order valence-corrected chi connectivity index (χ0v) is 12.3. The van der Waals surface area contributed by atoms with Gasteiger partial charge < -0.3 is 9.83 Å². The van der Waals surface area contributed by atoms with E-state index in [4.69, 9.17) is 23.2 Å². The van der Waals surface area contributed by atoms with E-state index >= 15 is 0 Å². The molecule has 0 saturated heterocycles. The summed E-state index contributed by atoms with van der Waals surface area (Å²) in [6, 6.07) is 2.24. The average Bonchev–Trinajstić information content (AvgIpc) is 2.37. The quantitative estimate of drug-likeness (QED) is 0.528. The summed E-state index contributed by atoms with van der Waals surface area (Å²) in [5.41, 5.74) is -0.257. The van der Waals surface area contributed by atoms with Crippen LogP contribution >= 0.6 is 23.2 Å². The highest BCUT2D eigenvalue weighted by Gasteiger charge is 2.38. The minimum atomic E-state index is -3.14. The molecule has 0 radical (unpaired) electrons. The first-order valence-corrected chi connectivity index (χ1v) is 6.89. The number of halogens is 4. The van der Waals surface area contributed by atoms with Crippen molar-refractivity contribution in [2.45, 2.75) is 19.2 Å². The van der Waals surface area contributed by atoms with Crippen molar-refractivity contribution in [3.05, 3.63) is 39.7 Å². The standard InChI is InChI=1S/C12H13BCl2F2N2O/c1-13(20)19-4-2-8(3-5-19)12(16,17)9-6-10(14)18-11(15)7-9/h2,6-7,20H,3-5H2,1H3. The number of hydrogen-bond donors (Lipinski definition) is 1. The molecular weight excluding hydrogens is 308 g/mol. The van der Waals surface area contributed by atoms with Crippen LogP contribution in [0.5, 0.6) is 0 Å². The molecule has 1 N–H and O–H groups in total. The largest absolute Gasteiger partial charge is 0.437 e. The lowest BCUT2D eigenvalue weighted by Gasteiger charge is -2.30. The third-order valence-electron chi connectivity index (χ3n) is 3.30. The van der Waals surface area contributed by atoms with Gasteiger partial charge in [0.05, 0.1) is 0 Å². The van der Waals surface area contributed by atoms with Crippen molar-refractivity contribution in [1.82, 2.24) is 9.79 Å². The van der Waals surface area contributed by atoms with Gasteiger partial charge in [-0.1, -0.05) is 29.3 Å². The van der Waals surface area contributed by atoms with Gasteiger partial charge in [0, 0.05) is 17.7 Å². The van der Waals surface area contributed by atoms with Gasteiger partial charge in [0.25, 0.3) is 5.92 Å². The van der Waals surface area contributed by atoms with E-state index in [1.54, 1.807) is 11.6 Å². The van der Waals surface area contributed by atoms with Gasteiger partial charge >= 0.3 is 7.05 Å². The smallest absolute Gasteiger partial charge is 0.376 e. The number of aromatic nitrogens is 1. The van der Waals surface area contributed by atoms with Crippen LogP contribution in [0.25, 0.3) is 0 Å². The van der Waals surface area contributed by atoms with Crippen LogP contribution in [0.1, 0.15) is 12.0 Å². The second-order valence-corrected chi connectivity index (χ2v) is 5.46. The van der Waals surface area contributed by atoms with E-state index in [9.17, 15) is 13.8 Å². The average molecular weight is 321 g/mol. The molecule has 3 nitrogen and oxygen atoms in total. The van der Waals surface area contributed by atoms with Crippen LogP contribution in [-0.2, 0) is 5.92 Å². The molecular formula is C12H13BCl2F2N2O. The Balaban J connectivity index is 2.26. The first-order chi connectivity index (χ1) is 9.30. The Bertz CT molecular complexity index is 520. The molecule has 0 fully saturated rings. The Kier molecular flexibility index (Phi) is 4.69. The molecule has 0 saturated carbocycles. The molecule has 8 heteroatoms. The molecule has 0 amide bonds. The Morgan fingerprint density at radius 1 is 1.35 bits per heavy atom. The summed E-state index contributed by atoms with van der Waals surface area (Å²) in [6.07, 6.45) is 1.62. The summed E-state index contributed by atoms with van der Waals surface area (Å²) < 4.78 is 28.9. The lowest BCUT2D eigenvalue weighted by Crippen LogP contribution is -2.41. The highest BCUT2D eigenvalue weighted by Crippen LogP contribution is 2.40. The second-order valence-electron chi connectivity index (χ2n) is 4.68. The molecule has 1 aliphatic rings. The minimum absolute atomic E-state index is 0.00716. The molecule has 2 heterocycles. The fourth-order valence-electron chi connectivity index (χ4n) is 2.14. The van der Waals surface area contributed by atoms with Crippen LogP contribution in [0.4, 0.5) is 8.78 Å². The molecule has 0 aliphatic carbocycles. The van der Waals surface area contributed by atoms with E-state index in [0.717, 1.165) is 12.1 Å². The van der Waals surface area contributed by atoms with E-state index < -0.39 is 13.0 Å². The zero-order valence-electron chi connectivity index (χ0n) is 10.8. The van der Waals surface area contributed by atoms with Gasteiger partial charge in [-0.25, -0.2) is 4.98 Å². The summed E-state index contributed by atoms with van der Waals surface area (Å²) in [4.78, 5) is 5.37. The molecule has 2 rings (SSSR count). The first kappa shape index (κ1) is 15.7. The molecule has 0 bridgehead atoms. The molecule has 108 valence electrons. The van der Waals surface area contributed by atoms with Crippen LogP contribution in [-0.4, -0.2) is 35.0 Å².